The van der Waals surface area contributed by atoms with Crippen molar-refractivity contribution in [1.82, 2.24) is 9.97 Å². The molecule has 1 heterocycles. The van der Waals surface area contributed by atoms with Gasteiger partial charge in [0.2, 0.25) is 5.75 Å². The summed E-state index contributed by atoms with van der Waals surface area (Å²) in [6.07, 6.45) is 1.36. The van der Waals surface area contributed by atoms with Crippen LogP contribution in [-0.2, 0) is 0 Å². The highest BCUT2D eigenvalue weighted by Gasteiger charge is 2.17. The van der Waals surface area contributed by atoms with E-state index in [1.165, 1.54) is 13.4 Å². The van der Waals surface area contributed by atoms with Crippen molar-refractivity contribution in [2.75, 3.05) is 24.8 Å². The van der Waals surface area contributed by atoms with Crippen LogP contribution in [0.25, 0.3) is 0 Å². The van der Waals surface area contributed by atoms with Crippen LogP contribution in [0, 0.1) is 11.3 Å². The van der Waals surface area contributed by atoms with Gasteiger partial charge in [-0.25, -0.2) is 9.97 Å². The fourth-order valence-corrected chi connectivity index (χ4v) is 1.79. The molecule has 0 amide bonds. The van der Waals surface area contributed by atoms with Crippen molar-refractivity contribution in [2.24, 2.45) is 0 Å². The summed E-state index contributed by atoms with van der Waals surface area (Å²) < 4.78 is 5.22. The van der Waals surface area contributed by atoms with Crippen LogP contribution < -0.4 is 15.4 Å². The minimum absolute atomic E-state index is 0.258. The Morgan fingerprint density at radius 2 is 2.05 bits per heavy atom. The van der Waals surface area contributed by atoms with Crippen LogP contribution in [0.2, 0.25) is 0 Å². The number of nitrogens with two attached hydrogens (primary N) is 1. The zero-order chi connectivity index (χ0) is 13.8. The van der Waals surface area contributed by atoms with Crippen molar-refractivity contribution >= 4 is 17.3 Å². The van der Waals surface area contributed by atoms with Gasteiger partial charge in [0.15, 0.2) is 11.6 Å². The van der Waals surface area contributed by atoms with E-state index in [2.05, 4.69) is 16.0 Å². The number of aromatic nitrogens is 2. The first-order valence-corrected chi connectivity index (χ1v) is 5.56. The van der Waals surface area contributed by atoms with Crippen molar-refractivity contribution < 1.29 is 4.74 Å². The first-order chi connectivity index (χ1) is 9.19. The highest BCUT2D eigenvalue weighted by atomic mass is 16.5. The van der Waals surface area contributed by atoms with Crippen molar-refractivity contribution in [3.8, 4) is 11.8 Å². The molecule has 2 N–H and O–H groups in total. The molecule has 0 bridgehead atoms. The lowest BCUT2D eigenvalue weighted by Crippen LogP contribution is -2.15. The smallest absolute Gasteiger partial charge is 0.204 e. The largest absolute Gasteiger partial charge is 0.490 e. The maximum absolute atomic E-state index is 9.13. The molecule has 0 spiro atoms. The van der Waals surface area contributed by atoms with Crippen LogP contribution >= 0.6 is 0 Å². The van der Waals surface area contributed by atoms with E-state index in [9.17, 15) is 0 Å². The summed E-state index contributed by atoms with van der Waals surface area (Å²) in [6.45, 7) is 0. The van der Waals surface area contributed by atoms with E-state index < -0.39 is 0 Å². The Morgan fingerprint density at radius 1 is 1.32 bits per heavy atom. The molecule has 0 saturated heterocycles. The summed E-state index contributed by atoms with van der Waals surface area (Å²) in [5, 5.41) is 9.13. The fraction of sp³-hybridized carbons (Fsp3) is 0.154. The number of anilines is 3. The monoisotopic (exact) mass is 255 g/mol. The maximum Gasteiger partial charge on any atom is 0.204 e. The normalized spacial score (nSPS) is 9.74. The Labute approximate surface area is 111 Å². The van der Waals surface area contributed by atoms with Gasteiger partial charge in [-0.3, -0.25) is 0 Å². The number of rotatable bonds is 3. The Bertz CT molecular complexity index is 635. The molecular formula is C13H13N5O. The van der Waals surface area contributed by atoms with Crippen LogP contribution in [0.15, 0.2) is 30.6 Å². The van der Waals surface area contributed by atoms with Crippen LogP contribution in [0.4, 0.5) is 17.3 Å². The molecule has 0 saturated carbocycles. The Kier molecular flexibility index (Phi) is 3.48. The van der Waals surface area contributed by atoms with Gasteiger partial charge >= 0.3 is 0 Å². The fourth-order valence-electron chi connectivity index (χ4n) is 1.79. The number of benzene rings is 1. The molecule has 0 unspecified atom stereocenters. The molecule has 0 aliphatic rings. The number of ether oxygens (including phenoxy) is 1. The van der Waals surface area contributed by atoms with Gasteiger partial charge < -0.3 is 15.4 Å². The second-order valence-corrected chi connectivity index (χ2v) is 3.80. The summed E-state index contributed by atoms with van der Waals surface area (Å²) in [4.78, 5) is 9.79. The van der Waals surface area contributed by atoms with Gasteiger partial charge in [-0.05, 0) is 12.1 Å². The second kappa shape index (κ2) is 5.23. The SMILES string of the molecule is COc1c(N)ncnc1N(C)c1ccccc1C#N. The standard InChI is InChI=1S/C13H13N5O/c1-18(10-6-4-3-5-9(10)7-14)13-11(19-2)12(15)16-8-17-13/h3-6,8H,1-2H3,(H2,15,16,17). The van der Waals surface area contributed by atoms with Crippen LogP contribution in [0.1, 0.15) is 5.56 Å². The molecule has 0 aliphatic carbocycles. The predicted octanol–water partition coefficient (Wildman–Crippen LogP) is 1.71. The van der Waals surface area contributed by atoms with Gasteiger partial charge in [-0.2, -0.15) is 5.26 Å². The zero-order valence-electron chi connectivity index (χ0n) is 10.7. The molecular weight excluding hydrogens is 242 g/mol. The van der Waals surface area contributed by atoms with E-state index in [4.69, 9.17) is 15.7 Å². The Morgan fingerprint density at radius 3 is 2.74 bits per heavy atom. The quantitative estimate of drug-likeness (QED) is 0.898. The summed E-state index contributed by atoms with van der Waals surface area (Å²) in [5.41, 5.74) is 7.02. The summed E-state index contributed by atoms with van der Waals surface area (Å²) in [6, 6.07) is 9.37. The highest BCUT2D eigenvalue weighted by Crippen LogP contribution is 2.34. The minimum Gasteiger partial charge on any atom is -0.490 e. The number of hydrogen-bond donors (Lipinski definition) is 1. The lowest BCUT2D eigenvalue weighted by molar-refractivity contribution is 0.414. The zero-order valence-corrected chi connectivity index (χ0v) is 10.7. The number of methoxy groups -OCH3 is 1. The van der Waals surface area contributed by atoms with Gasteiger partial charge in [0.25, 0.3) is 0 Å². The van der Waals surface area contributed by atoms with Crippen LogP contribution in [0.5, 0.6) is 5.75 Å². The average Bonchev–Trinajstić information content (AvgIpc) is 2.46. The predicted molar refractivity (Wildman–Crippen MR) is 72.2 cm³/mol. The Balaban J connectivity index is 2.54. The molecule has 2 aromatic rings. The first-order valence-electron chi connectivity index (χ1n) is 5.56. The molecule has 96 valence electrons. The third kappa shape index (κ3) is 2.26. The topological polar surface area (TPSA) is 88.1 Å². The molecule has 0 atom stereocenters. The molecule has 6 heteroatoms. The Hall–Kier alpha value is -2.81. The second-order valence-electron chi connectivity index (χ2n) is 3.80. The van der Waals surface area contributed by atoms with Crippen molar-refractivity contribution in [3.63, 3.8) is 0 Å². The van der Waals surface area contributed by atoms with E-state index in [1.54, 1.807) is 18.0 Å². The van der Waals surface area contributed by atoms with Gasteiger partial charge in [0, 0.05) is 7.05 Å². The lowest BCUT2D eigenvalue weighted by Gasteiger charge is -2.21. The molecule has 6 nitrogen and oxygen atoms in total. The van der Waals surface area contributed by atoms with Crippen molar-refractivity contribution in [3.05, 3.63) is 36.2 Å². The minimum atomic E-state index is 0.258. The molecule has 0 aliphatic heterocycles. The van der Waals surface area contributed by atoms with E-state index in [0.717, 1.165) is 5.69 Å². The van der Waals surface area contributed by atoms with E-state index >= 15 is 0 Å². The molecule has 19 heavy (non-hydrogen) atoms. The maximum atomic E-state index is 9.13. The van der Waals surface area contributed by atoms with Crippen LogP contribution in [0.3, 0.4) is 0 Å². The van der Waals surface area contributed by atoms with Gasteiger partial charge in [0.05, 0.1) is 18.4 Å². The summed E-state index contributed by atoms with van der Waals surface area (Å²) in [7, 11) is 3.29. The number of nitrogens with zero attached hydrogens (tertiary/aromatic N) is 4. The summed E-state index contributed by atoms with van der Waals surface area (Å²) >= 11 is 0. The van der Waals surface area contributed by atoms with Gasteiger partial charge in [-0.1, -0.05) is 12.1 Å². The lowest BCUT2D eigenvalue weighted by atomic mass is 10.2. The molecule has 0 fully saturated rings. The molecule has 0 radical (unpaired) electrons. The van der Waals surface area contributed by atoms with E-state index in [1.807, 2.05) is 18.2 Å². The number of nitriles is 1. The van der Waals surface area contributed by atoms with Crippen molar-refractivity contribution in [2.45, 2.75) is 0 Å². The summed E-state index contributed by atoms with van der Waals surface area (Å²) in [5.74, 6) is 1.16. The number of nitrogen functional groups attached to an aromatic ring is 1. The number of para-hydroxylation sites is 1. The van der Waals surface area contributed by atoms with Gasteiger partial charge in [0.1, 0.15) is 12.4 Å². The third-order valence-corrected chi connectivity index (χ3v) is 2.72. The van der Waals surface area contributed by atoms with E-state index in [0.29, 0.717) is 17.1 Å². The third-order valence-electron chi connectivity index (χ3n) is 2.72. The first kappa shape index (κ1) is 12.6. The molecule has 2 rings (SSSR count). The van der Waals surface area contributed by atoms with E-state index in [-0.39, 0.29) is 5.82 Å². The van der Waals surface area contributed by atoms with Gasteiger partial charge in [-0.15, -0.1) is 0 Å². The van der Waals surface area contributed by atoms with Crippen LogP contribution in [-0.4, -0.2) is 24.1 Å². The highest BCUT2D eigenvalue weighted by molar-refractivity contribution is 5.73. The molecule has 1 aromatic carbocycles. The molecule has 1 aromatic heterocycles. The number of hydrogen-bond acceptors (Lipinski definition) is 6. The van der Waals surface area contributed by atoms with Crippen molar-refractivity contribution in [1.29, 1.82) is 5.26 Å². The average molecular weight is 255 g/mol.